The first-order chi connectivity index (χ1) is 16.2. The van der Waals surface area contributed by atoms with Gasteiger partial charge in [0.1, 0.15) is 5.69 Å². The summed E-state index contributed by atoms with van der Waals surface area (Å²) in [5.41, 5.74) is 3.05. The molecule has 1 amide bonds. The van der Waals surface area contributed by atoms with E-state index >= 15 is 0 Å². The maximum absolute atomic E-state index is 13.1. The largest absolute Gasteiger partial charge is 0.416 e. The second-order valence-corrected chi connectivity index (χ2v) is 9.20. The molecule has 6 nitrogen and oxygen atoms in total. The quantitative estimate of drug-likeness (QED) is 0.496. The van der Waals surface area contributed by atoms with E-state index in [9.17, 15) is 18.0 Å². The lowest BCUT2D eigenvalue weighted by molar-refractivity contribution is -0.137. The van der Waals surface area contributed by atoms with Crippen molar-refractivity contribution in [3.8, 4) is 11.4 Å². The van der Waals surface area contributed by atoms with Crippen LogP contribution < -0.4 is 10.6 Å². The molecule has 1 aromatic carbocycles. The fourth-order valence-corrected chi connectivity index (χ4v) is 4.91. The number of carbonyl (C=O) groups is 1. The molecule has 1 saturated heterocycles. The summed E-state index contributed by atoms with van der Waals surface area (Å²) in [6.07, 6.45) is 0.269. The molecule has 0 radical (unpaired) electrons. The van der Waals surface area contributed by atoms with Crippen LogP contribution in [0.3, 0.4) is 0 Å². The molecule has 0 aliphatic carbocycles. The third-order valence-corrected chi connectivity index (χ3v) is 6.77. The van der Waals surface area contributed by atoms with Gasteiger partial charge in [-0.05, 0) is 64.6 Å². The number of benzene rings is 1. The van der Waals surface area contributed by atoms with E-state index < -0.39 is 11.7 Å². The van der Waals surface area contributed by atoms with Crippen LogP contribution in [0.15, 0.2) is 47.2 Å². The minimum Gasteiger partial charge on any atom is -0.347 e. The summed E-state index contributed by atoms with van der Waals surface area (Å²) < 4.78 is 41.4. The van der Waals surface area contributed by atoms with Crippen molar-refractivity contribution in [1.29, 1.82) is 0 Å². The third kappa shape index (κ3) is 5.02. The Balaban J connectivity index is 1.55. The standard InChI is InChI=1S/C24H25BrF3N5O/c1-3-14-10-16(11-30-21(14)22-19(25)12-31-33(22)2)23(34)32-20-13-29-9-8-18(20)15-4-6-17(7-5-15)24(26,27)28/h4-7,10-12,18,20,29H,3,8-9,13H2,1-2H3,(H,32,34)/t18-,20+/m1/s1. The van der Waals surface area contributed by atoms with Crippen molar-refractivity contribution in [3.63, 3.8) is 0 Å². The van der Waals surface area contributed by atoms with Crippen LogP contribution in [0, 0.1) is 0 Å². The fourth-order valence-electron chi connectivity index (χ4n) is 4.37. The summed E-state index contributed by atoms with van der Waals surface area (Å²) in [6.45, 7) is 3.26. The number of piperidine rings is 1. The third-order valence-electron chi connectivity index (χ3n) is 6.19. The Hall–Kier alpha value is -2.72. The molecule has 0 saturated carbocycles. The molecule has 0 spiro atoms. The summed E-state index contributed by atoms with van der Waals surface area (Å²) in [5.74, 6) is -0.348. The molecule has 2 N–H and O–H groups in total. The molecule has 180 valence electrons. The second kappa shape index (κ2) is 9.87. The highest BCUT2D eigenvalue weighted by molar-refractivity contribution is 9.10. The minimum absolute atomic E-state index is 0.0873. The molecule has 0 unspecified atom stereocenters. The molecule has 1 aliphatic rings. The molecule has 2 aromatic heterocycles. The summed E-state index contributed by atoms with van der Waals surface area (Å²) in [4.78, 5) is 17.7. The summed E-state index contributed by atoms with van der Waals surface area (Å²) in [6, 6.07) is 6.80. The predicted octanol–water partition coefficient (Wildman–Crippen LogP) is 4.70. The van der Waals surface area contributed by atoms with E-state index in [1.54, 1.807) is 17.1 Å². The van der Waals surface area contributed by atoms with E-state index in [-0.39, 0.29) is 17.9 Å². The highest BCUT2D eigenvalue weighted by Crippen LogP contribution is 2.33. The molecule has 1 fully saturated rings. The number of halogens is 4. The molecular weight excluding hydrogens is 511 g/mol. The SMILES string of the molecule is CCc1cc(C(=O)N[C@H]2CNCC[C@@H]2c2ccc(C(F)(F)F)cc2)cnc1-c1c(Br)cnn1C. The van der Waals surface area contributed by atoms with Gasteiger partial charge in [-0.15, -0.1) is 0 Å². The van der Waals surface area contributed by atoms with Crippen LogP contribution in [-0.2, 0) is 19.6 Å². The van der Waals surface area contributed by atoms with E-state index in [0.29, 0.717) is 24.9 Å². The van der Waals surface area contributed by atoms with Crippen molar-refractivity contribution in [2.45, 2.75) is 37.9 Å². The van der Waals surface area contributed by atoms with Gasteiger partial charge in [0.2, 0.25) is 0 Å². The zero-order valence-electron chi connectivity index (χ0n) is 18.8. The van der Waals surface area contributed by atoms with Gasteiger partial charge in [0, 0.05) is 31.7 Å². The number of rotatable bonds is 5. The average Bonchev–Trinajstić information content (AvgIpc) is 3.16. The van der Waals surface area contributed by atoms with Crippen LogP contribution in [0.4, 0.5) is 13.2 Å². The van der Waals surface area contributed by atoms with Crippen molar-refractivity contribution in [2.75, 3.05) is 13.1 Å². The van der Waals surface area contributed by atoms with Gasteiger partial charge >= 0.3 is 6.18 Å². The summed E-state index contributed by atoms with van der Waals surface area (Å²) in [7, 11) is 1.83. The molecule has 4 rings (SSSR count). The van der Waals surface area contributed by atoms with Gasteiger partial charge in [0.05, 0.1) is 27.5 Å². The number of alkyl halides is 3. The second-order valence-electron chi connectivity index (χ2n) is 8.35. The Morgan fingerprint density at radius 1 is 1.26 bits per heavy atom. The number of aromatic nitrogens is 3. The van der Waals surface area contributed by atoms with Crippen LogP contribution in [0.1, 0.15) is 46.3 Å². The van der Waals surface area contributed by atoms with E-state index in [2.05, 4.69) is 36.6 Å². The zero-order chi connectivity index (χ0) is 24.5. The van der Waals surface area contributed by atoms with Crippen molar-refractivity contribution in [3.05, 3.63) is 69.5 Å². The van der Waals surface area contributed by atoms with Gasteiger partial charge in [-0.25, -0.2) is 0 Å². The summed E-state index contributed by atoms with van der Waals surface area (Å²) >= 11 is 3.50. The normalized spacial score (nSPS) is 18.6. The van der Waals surface area contributed by atoms with Gasteiger partial charge in [-0.1, -0.05) is 19.1 Å². The Morgan fingerprint density at radius 3 is 2.62 bits per heavy atom. The van der Waals surface area contributed by atoms with Crippen LogP contribution >= 0.6 is 15.9 Å². The fraction of sp³-hybridized carbons (Fsp3) is 0.375. The number of hydrogen-bond acceptors (Lipinski definition) is 4. The molecule has 10 heteroatoms. The number of nitrogens with one attached hydrogen (secondary N) is 2. The van der Waals surface area contributed by atoms with Gasteiger partial charge in [0.25, 0.3) is 5.91 Å². The topological polar surface area (TPSA) is 71.8 Å². The number of carbonyl (C=O) groups excluding carboxylic acids is 1. The molecular formula is C24H25BrF3N5O. The molecule has 3 aromatic rings. The van der Waals surface area contributed by atoms with Gasteiger partial charge in [-0.3, -0.25) is 14.5 Å². The first-order valence-electron chi connectivity index (χ1n) is 11.0. The minimum atomic E-state index is -4.37. The van der Waals surface area contributed by atoms with E-state index in [1.807, 2.05) is 20.0 Å². The lowest BCUT2D eigenvalue weighted by Crippen LogP contribution is -2.50. The van der Waals surface area contributed by atoms with Gasteiger partial charge < -0.3 is 10.6 Å². The maximum atomic E-state index is 13.1. The van der Waals surface area contributed by atoms with Crippen molar-refractivity contribution in [1.82, 2.24) is 25.4 Å². The number of pyridine rings is 1. The van der Waals surface area contributed by atoms with Crippen LogP contribution in [0.5, 0.6) is 0 Å². The molecule has 1 aliphatic heterocycles. The molecule has 34 heavy (non-hydrogen) atoms. The van der Waals surface area contributed by atoms with Crippen molar-refractivity contribution >= 4 is 21.8 Å². The van der Waals surface area contributed by atoms with Crippen molar-refractivity contribution in [2.24, 2.45) is 7.05 Å². The Bertz CT molecular complexity index is 1160. The van der Waals surface area contributed by atoms with Crippen LogP contribution in [0.2, 0.25) is 0 Å². The number of amides is 1. The smallest absolute Gasteiger partial charge is 0.347 e. The van der Waals surface area contributed by atoms with E-state index in [4.69, 9.17) is 0 Å². The van der Waals surface area contributed by atoms with Gasteiger partial charge in [-0.2, -0.15) is 18.3 Å². The monoisotopic (exact) mass is 535 g/mol. The zero-order valence-corrected chi connectivity index (χ0v) is 20.4. The van der Waals surface area contributed by atoms with Crippen LogP contribution in [0.25, 0.3) is 11.4 Å². The lowest BCUT2D eigenvalue weighted by Gasteiger charge is -2.33. The van der Waals surface area contributed by atoms with Crippen LogP contribution in [-0.4, -0.2) is 39.8 Å². The number of nitrogens with zero attached hydrogens (tertiary/aromatic N) is 3. The molecule has 3 heterocycles. The highest BCUT2D eigenvalue weighted by Gasteiger charge is 2.32. The van der Waals surface area contributed by atoms with Gasteiger partial charge in [0.15, 0.2) is 0 Å². The van der Waals surface area contributed by atoms with Crippen molar-refractivity contribution < 1.29 is 18.0 Å². The van der Waals surface area contributed by atoms with E-state index in [1.165, 1.54) is 12.1 Å². The number of aryl methyl sites for hydroxylation is 2. The lowest BCUT2D eigenvalue weighted by atomic mass is 9.85. The Kier molecular flexibility index (Phi) is 7.09. The maximum Gasteiger partial charge on any atom is 0.416 e. The van der Waals surface area contributed by atoms with E-state index in [0.717, 1.165) is 45.7 Å². The highest BCUT2D eigenvalue weighted by atomic mass is 79.9. The average molecular weight is 536 g/mol. The first-order valence-corrected chi connectivity index (χ1v) is 11.8. The number of hydrogen-bond donors (Lipinski definition) is 2. The Labute approximate surface area is 204 Å². The first kappa shape index (κ1) is 24.4. The molecule has 2 atom stereocenters. The predicted molar refractivity (Wildman–Crippen MR) is 126 cm³/mol. The Morgan fingerprint density at radius 2 is 2.00 bits per heavy atom. The summed E-state index contributed by atoms with van der Waals surface area (Å²) in [5, 5.41) is 10.6. The molecule has 0 bridgehead atoms.